The quantitative estimate of drug-likeness (QED) is 0.804. The molecule has 1 saturated heterocycles. The van der Waals surface area contributed by atoms with E-state index in [4.69, 9.17) is 27.9 Å². The molecule has 0 unspecified atom stereocenters. The summed E-state index contributed by atoms with van der Waals surface area (Å²) in [4.78, 5) is 2.37. The molecule has 0 saturated carbocycles. The van der Waals surface area contributed by atoms with Gasteiger partial charge in [0.15, 0.2) is 15.7 Å². The van der Waals surface area contributed by atoms with Gasteiger partial charge in [-0.1, -0.05) is 34.5 Å². The Hall–Kier alpha value is -0.470. The fourth-order valence-electron chi connectivity index (χ4n) is 1.82. The van der Waals surface area contributed by atoms with Crippen molar-refractivity contribution in [3.8, 4) is 0 Å². The van der Waals surface area contributed by atoms with Crippen LogP contribution in [0.5, 0.6) is 0 Å². The van der Waals surface area contributed by atoms with Crippen molar-refractivity contribution < 1.29 is 4.74 Å². The molecule has 3 rings (SSSR count). The summed E-state index contributed by atoms with van der Waals surface area (Å²) < 4.78 is 7.02. The fourth-order valence-corrected chi connectivity index (χ4v) is 2.89. The number of alkyl halides is 2. The van der Waals surface area contributed by atoms with E-state index < -0.39 is 4.84 Å². The third-order valence-electron chi connectivity index (χ3n) is 2.73. The number of nitrogens with zero attached hydrogens (tertiary/aromatic N) is 5. The van der Waals surface area contributed by atoms with Crippen LogP contribution in [-0.2, 0) is 11.3 Å². The van der Waals surface area contributed by atoms with E-state index in [0.717, 1.165) is 37.1 Å². The van der Waals surface area contributed by atoms with E-state index in [1.54, 1.807) is 4.52 Å². The lowest BCUT2D eigenvalue weighted by atomic mass is 10.4. The Bertz CT molecular complexity index is 536. The minimum Gasteiger partial charge on any atom is -0.379 e. The van der Waals surface area contributed by atoms with Gasteiger partial charge in [-0.05, 0) is 0 Å². The average molecular weight is 308 g/mol. The third kappa shape index (κ3) is 2.46. The number of ether oxygens (including phenoxy) is 1. The maximum Gasteiger partial charge on any atom is 0.234 e. The number of rotatable bonds is 3. The van der Waals surface area contributed by atoms with E-state index in [0.29, 0.717) is 11.6 Å². The summed E-state index contributed by atoms with van der Waals surface area (Å²) in [6.45, 7) is 4.04. The molecule has 0 atom stereocenters. The van der Waals surface area contributed by atoms with E-state index in [-0.39, 0.29) is 0 Å². The van der Waals surface area contributed by atoms with Crippen molar-refractivity contribution >= 4 is 39.5 Å². The van der Waals surface area contributed by atoms with Crippen LogP contribution in [0, 0.1) is 0 Å². The summed E-state index contributed by atoms with van der Waals surface area (Å²) in [5, 5.41) is 13.2. The molecule has 2 aromatic heterocycles. The number of hydrogen-bond donors (Lipinski definition) is 0. The topological polar surface area (TPSA) is 55.5 Å². The molecule has 0 bridgehead atoms. The van der Waals surface area contributed by atoms with Gasteiger partial charge in [0.2, 0.25) is 4.96 Å². The lowest BCUT2D eigenvalue weighted by Gasteiger charge is -2.25. The summed E-state index contributed by atoms with van der Waals surface area (Å²) in [6, 6.07) is 0. The molecular formula is C9H11Cl2N5OS. The zero-order valence-corrected chi connectivity index (χ0v) is 11.7. The van der Waals surface area contributed by atoms with Crippen molar-refractivity contribution in [1.82, 2.24) is 24.7 Å². The Morgan fingerprint density at radius 3 is 2.78 bits per heavy atom. The van der Waals surface area contributed by atoms with E-state index in [1.165, 1.54) is 11.3 Å². The molecule has 1 aliphatic rings. The van der Waals surface area contributed by atoms with Crippen LogP contribution >= 0.6 is 34.5 Å². The van der Waals surface area contributed by atoms with E-state index in [1.807, 2.05) is 0 Å². The molecule has 0 spiro atoms. The lowest BCUT2D eigenvalue weighted by molar-refractivity contribution is 0.0328. The zero-order valence-electron chi connectivity index (χ0n) is 9.42. The summed E-state index contributed by atoms with van der Waals surface area (Å²) in [5.41, 5.74) is 0. The highest BCUT2D eigenvalue weighted by Crippen LogP contribution is 2.28. The number of hydrogen-bond acceptors (Lipinski definition) is 6. The first-order valence-corrected chi connectivity index (χ1v) is 7.22. The highest BCUT2D eigenvalue weighted by molar-refractivity contribution is 7.17. The Morgan fingerprint density at radius 1 is 1.28 bits per heavy atom. The average Bonchev–Trinajstić information content (AvgIpc) is 2.93. The van der Waals surface area contributed by atoms with Crippen LogP contribution in [-0.4, -0.2) is 51.0 Å². The fraction of sp³-hybridized carbons (Fsp3) is 0.667. The molecule has 9 heteroatoms. The van der Waals surface area contributed by atoms with Gasteiger partial charge in [0.25, 0.3) is 0 Å². The molecule has 18 heavy (non-hydrogen) atoms. The van der Waals surface area contributed by atoms with Gasteiger partial charge in [-0.3, -0.25) is 4.90 Å². The molecule has 6 nitrogen and oxygen atoms in total. The maximum atomic E-state index is 5.80. The smallest absolute Gasteiger partial charge is 0.234 e. The maximum absolute atomic E-state index is 5.80. The van der Waals surface area contributed by atoms with Crippen molar-refractivity contribution in [2.45, 2.75) is 11.4 Å². The first-order valence-electron chi connectivity index (χ1n) is 5.53. The van der Waals surface area contributed by atoms with E-state index in [9.17, 15) is 0 Å². The van der Waals surface area contributed by atoms with Crippen LogP contribution in [0.3, 0.4) is 0 Å². The second-order valence-electron chi connectivity index (χ2n) is 3.94. The van der Waals surface area contributed by atoms with Gasteiger partial charge < -0.3 is 4.74 Å². The molecular weight excluding hydrogens is 297 g/mol. The molecule has 0 N–H and O–H groups in total. The SMILES string of the molecule is ClC(Cl)c1nn2c(CN3CCOCC3)nnc2s1. The molecule has 2 aromatic rings. The van der Waals surface area contributed by atoms with Gasteiger partial charge in [0, 0.05) is 13.1 Å². The van der Waals surface area contributed by atoms with E-state index >= 15 is 0 Å². The van der Waals surface area contributed by atoms with Crippen molar-refractivity contribution in [3.63, 3.8) is 0 Å². The van der Waals surface area contributed by atoms with Gasteiger partial charge in [0.05, 0.1) is 19.8 Å². The third-order valence-corrected chi connectivity index (χ3v) is 4.36. The first-order chi connectivity index (χ1) is 8.74. The van der Waals surface area contributed by atoms with Crippen LogP contribution in [0.4, 0.5) is 0 Å². The monoisotopic (exact) mass is 307 g/mol. The van der Waals surface area contributed by atoms with Crippen LogP contribution in [0.1, 0.15) is 15.7 Å². The normalized spacial score (nSPS) is 17.9. The van der Waals surface area contributed by atoms with Crippen LogP contribution in [0.2, 0.25) is 0 Å². The Balaban J connectivity index is 1.82. The Morgan fingerprint density at radius 2 is 2.06 bits per heavy atom. The predicted molar refractivity (Wildman–Crippen MR) is 69.2 cm³/mol. The summed E-state index contributed by atoms with van der Waals surface area (Å²) in [7, 11) is 0. The zero-order chi connectivity index (χ0) is 12.5. The minimum atomic E-state index is -0.618. The van der Waals surface area contributed by atoms with Crippen molar-refractivity contribution in [1.29, 1.82) is 0 Å². The highest BCUT2D eigenvalue weighted by atomic mass is 35.5. The molecule has 0 radical (unpaired) electrons. The molecule has 1 aliphatic heterocycles. The van der Waals surface area contributed by atoms with Crippen molar-refractivity contribution in [2.75, 3.05) is 26.3 Å². The minimum absolute atomic E-state index is 0.618. The van der Waals surface area contributed by atoms with Gasteiger partial charge in [0.1, 0.15) is 0 Å². The number of fused-ring (bicyclic) bond motifs is 1. The highest BCUT2D eigenvalue weighted by Gasteiger charge is 2.18. The standard InChI is InChI=1S/C9H11Cl2N5OS/c10-7(11)8-14-16-6(12-13-9(16)18-8)5-15-1-3-17-4-2-15/h7H,1-5H2. The molecule has 0 aliphatic carbocycles. The van der Waals surface area contributed by atoms with Gasteiger partial charge in [-0.15, -0.1) is 10.2 Å². The number of morpholine rings is 1. The Labute approximate surface area is 117 Å². The summed E-state index contributed by atoms with van der Waals surface area (Å²) in [6.07, 6.45) is 0. The van der Waals surface area contributed by atoms with Gasteiger partial charge >= 0.3 is 0 Å². The van der Waals surface area contributed by atoms with Crippen molar-refractivity contribution in [3.05, 3.63) is 10.8 Å². The molecule has 1 fully saturated rings. The van der Waals surface area contributed by atoms with Gasteiger partial charge in [-0.2, -0.15) is 9.61 Å². The predicted octanol–water partition coefficient (Wildman–Crippen LogP) is 1.49. The second-order valence-corrected chi connectivity index (χ2v) is 6.02. The molecule has 3 heterocycles. The molecule has 0 amide bonds. The summed E-state index contributed by atoms with van der Waals surface area (Å²) in [5.74, 6) is 0.809. The molecule has 0 aromatic carbocycles. The van der Waals surface area contributed by atoms with Crippen LogP contribution in [0.25, 0.3) is 4.96 Å². The van der Waals surface area contributed by atoms with Gasteiger partial charge in [-0.25, -0.2) is 0 Å². The van der Waals surface area contributed by atoms with Crippen molar-refractivity contribution in [2.24, 2.45) is 0 Å². The second kappa shape index (κ2) is 5.26. The number of halogens is 2. The lowest BCUT2D eigenvalue weighted by Crippen LogP contribution is -2.36. The Kier molecular flexibility index (Phi) is 3.67. The van der Waals surface area contributed by atoms with Crippen LogP contribution < -0.4 is 0 Å². The van der Waals surface area contributed by atoms with E-state index in [2.05, 4.69) is 20.2 Å². The summed E-state index contributed by atoms with van der Waals surface area (Å²) >= 11 is 13.0. The van der Waals surface area contributed by atoms with Crippen LogP contribution in [0.15, 0.2) is 0 Å². The number of aromatic nitrogens is 4. The first kappa shape index (κ1) is 12.6. The molecule has 98 valence electrons. The largest absolute Gasteiger partial charge is 0.379 e.